The number of carbonyl (C=O) groups is 2. The summed E-state index contributed by atoms with van der Waals surface area (Å²) < 4.78 is 42.0. The number of amides is 2. The molecule has 56 heavy (non-hydrogen) atoms. The molecule has 0 atom stereocenters. The number of aromatic nitrogens is 3. The van der Waals surface area contributed by atoms with E-state index in [-0.39, 0.29) is 22.9 Å². The van der Waals surface area contributed by atoms with Crippen LogP contribution < -0.4 is 5.32 Å². The van der Waals surface area contributed by atoms with Gasteiger partial charge in [0, 0.05) is 48.5 Å². The number of benzene rings is 3. The van der Waals surface area contributed by atoms with E-state index in [2.05, 4.69) is 49.4 Å². The van der Waals surface area contributed by atoms with Crippen LogP contribution in [-0.4, -0.2) is 85.8 Å². The molecule has 2 saturated heterocycles. The number of carbonyl (C=O) groups excluding carboxylic acids is 2. The molecule has 2 aliphatic heterocycles. The lowest BCUT2D eigenvalue weighted by molar-refractivity contribution is -0.134. The molecule has 0 bridgehead atoms. The van der Waals surface area contributed by atoms with Crippen LogP contribution in [0.15, 0.2) is 67.0 Å². The molecule has 294 valence electrons. The zero-order valence-corrected chi connectivity index (χ0v) is 32.6. The van der Waals surface area contributed by atoms with Crippen LogP contribution in [0, 0.1) is 18.6 Å². The second-order valence-electron chi connectivity index (χ2n) is 16.4. The van der Waals surface area contributed by atoms with Crippen LogP contribution in [0.4, 0.5) is 19.3 Å². The van der Waals surface area contributed by atoms with Crippen molar-refractivity contribution in [1.82, 2.24) is 24.8 Å². The normalized spacial score (nSPS) is 16.3. The van der Waals surface area contributed by atoms with Gasteiger partial charge in [0.1, 0.15) is 29.2 Å². The van der Waals surface area contributed by atoms with Gasteiger partial charge in [-0.25, -0.2) is 23.5 Å². The lowest BCUT2D eigenvalue weighted by Gasteiger charge is -2.47. The summed E-state index contributed by atoms with van der Waals surface area (Å²) in [7, 11) is 0. The Morgan fingerprint density at radius 1 is 0.982 bits per heavy atom. The zero-order chi connectivity index (χ0) is 40.0. The third-order valence-electron chi connectivity index (χ3n) is 10.6. The van der Waals surface area contributed by atoms with Gasteiger partial charge >= 0.3 is 6.09 Å². The molecule has 0 saturated carbocycles. The Kier molecular flexibility index (Phi) is 10.5. The van der Waals surface area contributed by atoms with Gasteiger partial charge in [-0.3, -0.25) is 9.69 Å². The Balaban J connectivity index is 1.03. The number of halogens is 2. The number of hydrogen-bond donors (Lipinski definition) is 3. The van der Waals surface area contributed by atoms with Crippen molar-refractivity contribution >= 4 is 28.7 Å². The molecule has 0 unspecified atom stereocenters. The third-order valence-corrected chi connectivity index (χ3v) is 10.6. The second-order valence-corrected chi connectivity index (χ2v) is 16.4. The molecule has 2 aromatic heterocycles. The van der Waals surface area contributed by atoms with Crippen LogP contribution in [0.1, 0.15) is 74.5 Å². The quantitative estimate of drug-likeness (QED) is 0.152. The van der Waals surface area contributed by atoms with Crippen molar-refractivity contribution in [3.05, 3.63) is 101 Å². The van der Waals surface area contributed by atoms with Crippen molar-refractivity contribution in [3.63, 3.8) is 0 Å². The predicted octanol–water partition coefficient (Wildman–Crippen LogP) is 7.96. The SMILES string of the molecule is Cc1c(NC(=O)c2ccc(C(C)(C)O)cc2F)cc(F)cc1-c1ncnc2[nH]c(-c3ccc(CN4CCC5(CC4)CN(C(=O)OC(C)(C)C)CCO5)cc3)cc12. The average molecular weight is 767 g/mol. The van der Waals surface area contributed by atoms with Crippen molar-refractivity contribution in [2.45, 2.75) is 77.7 Å². The van der Waals surface area contributed by atoms with Crippen LogP contribution in [0.25, 0.3) is 33.5 Å². The van der Waals surface area contributed by atoms with E-state index in [1.165, 1.54) is 50.0 Å². The van der Waals surface area contributed by atoms with Gasteiger partial charge in [0.25, 0.3) is 5.91 Å². The summed E-state index contributed by atoms with van der Waals surface area (Å²) in [5, 5.41) is 13.6. The standard InChI is InChI=1S/C43H48F2N6O5/c1-26-32(20-30(44)21-35(26)49-39(52)31-12-11-29(19-34(31)45)42(5,6)54)37-33-22-36(48-38(33)47-25-46-37)28-9-7-27(8-10-28)23-50-15-13-43(14-16-50)24-51(17-18-55-43)40(53)56-41(2,3)4/h7-12,19-22,25,54H,13-18,23-24H2,1-6H3,(H,49,52)(H,46,47,48). The number of anilines is 1. The lowest BCUT2D eigenvalue weighted by Crippen LogP contribution is -2.58. The Morgan fingerprint density at radius 3 is 2.39 bits per heavy atom. The Hall–Kier alpha value is -5.24. The first-order chi connectivity index (χ1) is 26.5. The van der Waals surface area contributed by atoms with Gasteiger partial charge in [-0.1, -0.05) is 30.3 Å². The molecule has 11 nitrogen and oxygen atoms in total. The molecule has 0 radical (unpaired) electrons. The maximum Gasteiger partial charge on any atom is 0.410 e. The van der Waals surface area contributed by atoms with Gasteiger partial charge in [0.15, 0.2) is 0 Å². The molecular weight excluding hydrogens is 719 g/mol. The van der Waals surface area contributed by atoms with E-state index in [1.54, 1.807) is 11.8 Å². The molecule has 5 aromatic rings. The Morgan fingerprint density at radius 2 is 1.71 bits per heavy atom. The zero-order valence-electron chi connectivity index (χ0n) is 32.6. The van der Waals surface area contributed by atoms with Crippen LogP contribution >= 0.6 is 0 Å². The predicted molar refractivity (Wildman–Crippen MR) is 210 cm³/mol. The molecule has 1 spiro atoms. The molecule has 2 fully saturated rings. The fourth-order valence-corrected chi connectivity index (χ4v) is 7.43. The first kappa shape index (κ1) is 39.0. The number of piperidine rings is 1. The van der Waals surface area contributed by atoms with E-state index < -0.39 is 28.7 Å². The van der Waals surface area contributed by atoms with Crippen molar-refractivity contribution in [1.29, 1.82) is 0 Å². The van der Waals surface area contributed by atoms with E-state index in [4.69, 9.17) is 9.47 Å². The first-order valence-electron chi connectivity index (χ1n) is 18.9. The number of ether oxygens (including phenoxy) is 2. The van der Waals surface area contributed by atoms with Gasteiger partial charge in [-0.15, -0.1) is 0 Å². The number of fused-ring (bicyclic) bond motifs is 1. The van der Waals surface area contributed by atoms with E-state index in [0.717, 1.165) is 49.8 Å². The van der Waals surface area contributed by atoms with Crippen LogP contribution in [0.2, 0.25) is 0 Å². The highest BCUT2D eigenvalue weighted by molar-refractivity contribution is 6.06. The fraction of sp³-hybridized carbons (Fsp3) is 0.395. The number of hydrogen-bond acceptors (Lipinski definition) is 8. The average Bonchev–Trinajstić information content (AvgIpc) is 3.58. The minimum atomic E-state index is -1.28. The molecular formula is C43H48F2N6O5. The smallest absolute Gasteiger partial charge is 0.410 e. The van der Waals surface area contributed by atoms with Crippen molar-refractivity contribution in [2.24, 2.45) is 0 Å². The molecule has 2 amide bonds. The molecule has 3 aromatic carbocycles. The number of nitrogens with zero attached hydrogens (tertiary/aromatic N) is 4. The van der Waals surface area contributed by atoms with Crippen LogP contribution in [0.3, 0.4) is 0 Å². The second kappa shape index (κ2) is 15.0. The minimum absolute atomic E-state index is 0.173. The number of H-pyrrole nitrogens is 1. The van der Waals surface area contributed by atoms with Gasteiger partial charge in [-0.05, 0) is 107 Å². The maximum absolute atomic E-state index is 15.1. The number of rotatable bonds is 7. The summed E-state index contributed by atoms with van der Waals surface area (Å²) >= 11 is 0. The van der Waals surface area contributed by atoms with Crippen molar-refractivity contribution in [3.8, 4) is 22.5 Å². The number of nitrogens with one attached hydrogen (secondary N) is 2. The van der Waals surface area contributed by atoms with Crippen molar-refractivity contribution < 1.29 is 33.0 Å². The largest absolute Gasteiger partial charge is 0.444 e. The fourth-order valence-electron chi connectivity index (χ4n) is 7.43. The number of morpholine rings is 1. The first-order valence-corrected chi connectivity index (χ1v) is 18.9. The third kappa shape index (κ3) is 8.45. The molecule has 0 aliphatic carbocycles. The summed E-state index contributed by atoms with van der Waals surface area (Å²) in [6.45, 7) is 14.5. The summed E-state index contributed by atoms with van der Waals surface area (Å²) in [5.41, 5.74) is 3.03. The molecule has 3 N–H and O–H groups in total. The molecule has 4 heterocycles. The lowest BCUT2D eigenvalue weighted by atomic mass is 9.89. The maximum atomic E-state index is 15.1. The van der Waals surface area contributed by atoms with Gasteiger partial charge in [0.05, 0.1) is 35.6 Å². The number of likely N-dealkylation sites (tertiary alicyclic amines) is 1. The number of aromatic amines is 1. The highest BCUT2D eigenvalue weighted by Crippen LogP contribution is 2.36. The van der Waals surface area contributed by atoms with Gasteiger partial charge in [-0.2, -0.15) is 0 Å². The highest BCUT2D eigenvalue weighted by atomic mass is 19.1. The monoisotopic (exact) mass is 766 g/mol. The van der Waals surface area contributed by atoms with E-state index in [0.29, 0.717) is 53.1 Å². The summed E-state index contributed by atoms with van der Waals surface area (Å²) in [6, 6.07) is 16.7. The van der Waals surface area contributed by atoms with E-state index in [1.807, 2.05) is 26.8 Å². The highest BCUT2D eigenvalue weighted by Gasteiger charge is 2.42. The molecule has 7 rings (SSSR count). The topological polar surface area (TPSA) is 133 Å². The summed E-state index contributed by atoms with van der Waals surface area (Å²) in [4.78, 5) is 42.4. The molecule has 13 heteroatoms. The molecule has 2 aliphatic rings. The summed E-state index contributed by atoms with van der Waals surface area (Å²) in [6.07, 6.45) is 2.78. The van der Waals surface area contributed by atoms with Crippen molar-refractivity contribution in [2.75, 3.05) is 38.1 Å². The van der Waals surface area contributed by atoms with Crippen LogP contribution in [-0.2, 0) is 21.6 Å². The Bertz CT molecular complexity index is 2270. The number of aliphatic hydroxyl groups is 1. The van der Waals surface area contributed by atoms with Crippen LogP contribution in [0.5, 0.6) is 0 Å². The minimum Gasteiger partial charge on any atom is -0.444 e. The van der Waals surface area contributed by atoms with Gasteiger partial charge in [0.2, 0.25) is 0 Å². The summed E-state index contributed by atoms with van der Waals surface area (Å²) in [5.74, 6) is -2.15. The Labute approximate surface area is 325 Å². The van der Waals surface area contributed by atoms with E-state index in [9.17, 15) is 19.1 Å². The van der Waals surface area contributed by atoms with E-state index >= 15 is 4.39 Å². The van der Waals surface area contributed by atoms with Gasteiger partial charge < -0.3 is 29.8 Å².